The van der Waals surface area contributed by atoms with Crippen molar-refractivity contribution in [2.75, 3.05) is 6.61 Å². The smallest absolute Gasteiger partial charge is 0.306 e. The van der Waals surface area contributed by atoms with Gasteiger partial charge in [0.05, 0.1) is 12.0 Å². The van der Waals surface area contributed by atoms with Gasteiger partial charge >= 0.3 is 5.97 Å². The number of aliphatic carboxylic acids is 1. The van der Waals surface area contributed by atoms with Gasteiger partial charge in [-0.1, -0.05) is 6.92 Å². The normalized spacial score (nSPS) is 26.6. The van der Waals surface area contributed by atoms with Crippen LogP contribution in [0.1, 0.15) is 32.6 Å². The molecule has 1 N–H and O–H groups in total. The molecule has 0 saturated carbocycles. The molecule has 0 aromatic carbocycles. The zero-order valence-corrected chi connectivity index (χ0v) is 7.45. The van der Waals surface area contributed by atoms with E-state index in [0.717, 1.165) is 19.4 Å². The van der Waals surface area contributed by atoms with E-state index in [1.54, 1.807) is 6.92 Å². The van der Waals surface area contributed by atoms with Gasteiger partial charge in [-0.25, -0.2) is 0 Å². The van der Waals surface area contributed by atoms with Gasteiger partial charge < -0.3 is 9.84 Å². The Bertz CT molecular complexity index is 150. The molecular formula is C9H16O3. The van der Waals surface area contributed by atoms with Gasteiger partial charge in [0.2, 0.25) is 0 Å². The number of carboxylic acid groups (broad SMARTS) is 1. The first-order chi connectivity index (χ1) is 5.70. The Hall–Kier alpha value is -0.570. The molecular weight excluding hydrogens is 156 g/mol. The Balaban J connectivity index is 2.24. The average Bonchev–Trinajstić information content (AvgIpc) is 2.06. The number of rotatable bonds is 3. The molecule has 1 rings (SSSR count). The Kier molecular flexibility index (Phi) is 3.53. The average molecular weight is 172 g/mol. The molecule has 0 aromatic heterocycles. The predicted octanol–water partition coefficient (Wildman–Crippen LogP) is 1.67. The highest BCUT2D eigenvalue weighted by atomic mass is 16.5. The largest absolute Gasteiger partial charge is 0.481 e. The number of ether oxygens (including phenoxy) is 1. The van der Waals surface area contributed by atoms with E-state index in [1.807, 2.05) is 0 Å². The van der Waals surface area contributed by atoms with E-state index in [4.69, 9.17) is 9.84 Å². The molecule has 0 aromatic rings. The van der Waals surface area contributed by atoms with Gasteiger partial charge in [0.1, 0.15) is 0 Å². The summed E-state index contributed by atoms with van der Waals surface area (Å²) in [5.74, 6) is -0.989. The summed E-state index contributed by atoms with van der Waals surface area (Å²) in [6.45, 7) is 2.54. The van der Waals surface area contributed by atoms with Crippen LogP contribution in [0.15, 0.2) is 0 Å². The maximum absolute atomic E-state index is 10.5. The summed E-state index contributed by atoms with van der Waals surface area (Å²) in [6, 6.07) is 0. The quantitative estimate of drug-likeness (QED) is 0.704. The maximum atomic E-state index is 10.5. The molecule has 0 spiro atoms. The summed E-state index contributed by atoms with van der Waals surface area (Å²) in [5.41, 5.74) is 0. The van der Waals surface area contributed by atoms with Gasteiger partial charge in [0, 0.05) is 6.61 Å². The van der Waals surface area contributed by atoms with Crippen molar-refractivity contribution >= 4 is 5.97 Å². The number of hydrogen-bond donors (Lipinski definition) is 1. The topological polar surface area (TPSA) is 46.5 Å². The minimum Gasteiger partial charge on any atom is -0.481 e. The lowest BCUT2D eigenvalue weighted by atomic mass is 9.98. The van der Waals surface area contributed by atoms with E-state index in [1.165, 1.54) is 6.42 Å². The van der Waals surface area contributed by atoms with Crippen LogP contribution < -0.4 is 0 Å². The molecule has 3 heteroatoms. The molecule has 3 nitrogen and oxygen atoms in total. The fraction of sp³-hybridized carbons (Fsp3) is 0.889. The lowest BCUT2D eigenvalue weighted by Gasteiger charge is -2.23. The van der Waals surface area contributed by atoms with Gasteiger partial charge in [-0.15, -0.1) is 0 Å². The monoisotopic (exact) mass is 172 g/mol. The lowest BCUT2D eigenvalue weighted by molar-refractivity contribution is -0.142. The predicted molar refractivity (Wildman–Crippen MR) is 45.0 cm³/mol. The van der Waals surface area contributed by atoms with E-state index in [-0.39, 0.29) is 12.0 Å². The van der Waals surface area contributed by atoms with Crippen LogP contribution in [0.2, 0.25) is 0 Å². The summed E-state index contributed by atoms with van der Waals surface area (Å²) in [4.78, 5) is 10.5. The minimum absolute atomic E-state index is 0.185. The highest BCUT2D eigenvalue weighted by Gasteiger charge is 2.20. The molecule has 1 fully saturated rings. The number of carboxylic acids is 1. The van der Waals surface area contributed by atoms with Crippen LogP contribution in [0.4, 0.5) is 0 Å². The maximum Gasteiger partial charge on any atom is 0.306 e. The first kappa shape index (κ1) is 9.52. The van der Waals surface area contributed by atoms with E-state index >= 15 is 0 Å². The molecule has 1 aliphatic rings. The fourth-order valence-electron chi connectivity index (χ4n) is 1.49. The zero-order valence-electron chi connectivity index (χ0n) is 7.45. The van der Waals surface area contributed by atoms with Crippen molar-refractivity contribution in [3.05, 3.63) is 0 Å². The SMILES string of the molecule is C[C@@H](CC1CCCCO1)C(=O)O. The van der Waals surface area contributed by atoms with Gasteiger partial charge in [-0.2, -0.15) is 0 Å². The minimum atomic E-state index is -0.718. The highest BCUT2D eigenvalue weighted by Crippen LogP contribution is 2.19. The van der Waals surface area contributed by atoms with Gasteiger partial charge in [-0.05, 0) is 25.7 Å². The van der Waals surface area contributed by atoms with Crippen LogP contribution in [-0.2, 0) is 9.53 Å². The molecule has 12 heavy (non-hydrogen) atoms. The van der Waals surface area contributed by atoms with Crippen molar-refractivity contribution in [2.24, 2.45) is 5.92 Å². The van der Waals surface area contributed by atoms with Crippen molar-refractivity contribution in [2.45, 2.75) is 38.7 Å². The number of hydrogen-bond acceptors (Lipinski definition) is 2. The van der Waals surface area contributed by atoms with Crippen LogP contribution >= 0.6 is 0 Å². The van der Waals surface area contributed by atoms with E-state index in [9.17, 15) is 4.79 Å². The molecule has 70 valence electrons. The summed E-state index contributed by atoms with van der Waals surface area (Å²) in [6.07, 6.45) is 4.17. The van der Waals surface area contributed by atoms with E-state index in [2.05, 4.69) is 0 Å². The molecule has 0 bridgehead atoms. The van der Waals surface area contributed by atoms with Crippen LogP contribution in [0.3, 0.4) is 0 Å². The van der Waals surface area contributed by atoms with E-state index in [0.29, 0.717) is 6.42 Å². The van der Waals surface area contributed by atoms with Crippen LogP contribution in [-0.4, -0.2) is 23.8 Å². The van der Waals surface area contributed by atoms with Crippen molar-refractivity contribution in [1.29, 1.82) is 0 Å². The third-order valence-electron chi connectivity index (χ3n) is 2.31. The highest BCUT2D eigenvalue weighted by molar-refractivity contribution is 5.69. The van der Waals surface area contributed by atoms with Crippen molar-refractivity contribution in [3.8, 4) is 0 Å². The zero-order chi connectivity index (χ0) is 8.97. The molecule has 1 saturated heterocycles. The fourth-order valence-corrected chi connectivity index (χ4v) is 1.49. The van der Waals surface area contributed by atoms with E-state index < -0.39 is 5.97 Å². The Labute approximate surface area is 72.7 Å². The first-order valence-corrected chi connectivity index (χ1v) is 4.54. The molecule has 2 atom stereocenters. The second-order valence-corrected chi connectivity index (χ2v) is 3.46. The van der Waals surface area contributed by atoms with Crippen molar-refractivity contribution < 1.29 is 14.6 Å². The third kappa shape index (κ3) is 2.81. The Morgan fingerprint density at radius 1 is 1.67 bits per heavy atom. The molecule has 0 radical (unpaired) electrons. The standard InChI is InChI=1S/C9H16O3/c1-7(9(10)11)6-8-4-2-3-5-12-8/h7-8H,2-6H2,1H3,(H,10,11)/t7-,8?/m0/s1. The third-order valence-corrected chi connectivity index (χ3v) is 2.31. The summed E-state index contributed by atoms with van der Waals surface area (Å²) in [7, 11) is 0. The van der Waals surface area contributed by atoms with Gasteiger partial charge in [0.25, 0.3) is 0 Å². The first-order valence-electron chi connectivity index (χ1n) is 4.54. The van der Waals surface area contributed by atoms with Gasteiger partial charge in [-0.3, -0.25) is 4.79 Å². The van der Waals surface area contributed by atoms with Crippen molar-refractivity contribution in [3.63, 3.8) is 0 Å². The molecule has 1 heterocycles. The van der Waals surface area contributed by atoms with Gasteiger partial charge in [0.15, 0.2) is 0 Å². The Morgan fingerprint density at radius 2 is 2.42 bits per heavy atom. The summed E-state index contributed by atoms with van der Waals surface area (Å²) in [5, 5.41) is 8.66. The number of carbonyl (C=O) groups is 1. The Morgan fingerprint density at radius 3 is 2.92 bits per heavy atom. The lowest BCUT2D eigenvalue weighted by Crippen LogP contribution is -2.24. The van der Waals surface area contributed by atoms with Crippen LogP contribution in [0.5, 0.6) is 0 Å². The molecule has 1 unspecified atom stereocenters. The molecule has 1 aliphatic heterocycles. The summed E-state index contributed by atoms with van der Waals surface area (Å²) >= 11 is 0. The molecule has 0 amide bonds. The summed E-state index contributed by atoms with van der Waals surface area (Å²) < 4.78 is 5.44. The second-order valence-electron chi connectivity index (χ2n) is 3.46. The van der Waals surface area contributed by atoms with Crippen LogP contribution in [0.25, 0.3) is 0 Å². The molecule has 0 aliphatic carbocycles. The van der Waals surface area contributed by atoms with Crippen LogP contribution in [0, 0.1) is 5.92 Å². The second kappa shape index (κ2) is 4.45. The van der Waals surface area contributed by atoms with Crippen molar-refractivity contribution in [1.82, 2.24) is 0 Å².